The molecular formula is C48H42O3. The fourth-order valence-electron chi connectivity index (χ4n) is 7.78. The molecule has 51 heavy (non-hydrogen) atoms. The van der Waals surface area contributed by atoms with Crippen LogP contribution in [0.1, 0.15) is 51.1 Å². The molecule has 7 rings (SSSR count). The van der Waals surface area contributed by atoms with Gasteiger partial charge in [-0.1, -0.05) is 182 Å². The number of allylic oxidation sites excluding steroid dienone is 3. The normalized spacial score (nSPS) is 17.0. The summed E-state index contributed by atoms with van der Waals surface area (Å²) in [5.41, 5.74) is 9.83. The molecule has 0 atom stereocenters. The highest BCUT2D eigenvalue weighted by Gasteiger charge is 2.48. The van der Waals surface area contributed by atoms with Crippen molar-refractivity contribution in [3.8, 4) is 0 Å². The third-order valence-corrected chi connectivity index (χ3v) is 9.77. The zero-order chi connectivity index (χ0) is 35.0. The Bertz CT molecular complexity index is 1850. The molecule has 0 unspecified atom stereocenters. The monoisotopic (exact) mass is 666 g/mol. The van der Waals surface area contributed by atoms with Gasteiger partial charge in [0.25, 0.3) is 0 Å². The quantitative estimate of drug-likeness (QED) is 0.144. The third-order valence-electron chi connectivity index (χ3n) is 9.77. The number of hydrogen-bond acceptors (Lipinski definition) is 3. The summed E-state index contributed by atoms with van der Waals surface area (Å²) in [5.74, 6) is 1.74. The summed E-state index contributed by atoms with van der Waals surface area (Å²) >= 11 is 0. The second-order valence-electron chi connectivity index (χ2n) is 12.6. The van der Waals surface area contributed by atoms with Gasteiger partial charge in [-0.05, 0) is 33.4 Å². The van der Waals surface area contributed by atoms with Gasteiger partial charge in [0.2, 0.25) is 0 Å². The van der Waals surface area contributed by atoms with E-state index in [1.54, 1.807) is 21.3 Å². The van der Waals surface area contributed by atoms with Gasteiger partial charge < -0.3 is 14.2 Å². The summed E-state index contributed by atoms with van der Waals surface area (Å²) in [6.45, 7) is 0. The van der Waals surface area contributed by atoms with E-state index in [4.69, 9.17) is 14.2 Å². The first kappa shape index (κ1) is 33.4. The smallest absolute Gasteiger partial charge is 0.127 e. The molecule has 0 aliphatic heterocycles. The maximum absolute atomic E-state index is 6.61. The summed E-state index contributed by atoms with van der Waals surface area (Å²) in [5, 5.41) is 0. The first-order valence-electron chi connectivity index (χ1n) is 17.4. The molecule has 0 heterocycles. The average Bonchev–Trinajstić information content (AvgIpc) is 3.21. The van der Waals surface area contributed by atoms with Gasteiger partial charge >= 0.3 is 0 Å². The topological polar surface area (TPSA) is 27.7 Å². The SMILES string of the molecule is COC(=C1C(c2ccccc2)C(=C(OC)c2ccccc2)C(c2ccccc2)C(=C(OC)c2ccccc2)C1c1ccccc1)c1ccccc1. The maximum atomic E-state index is 6.61. The molecule has 3 nitrogen and oxygen atoms in total. The first-order chi connectivity index (χ1) is 25.2. The molecule has 1 aliphatic carbocycles. The first-order valence-corrected chi connectivity index (χ1v) is 17.4. The summed E-state index contributed by atoms with van der Waals surface area (Å²) in [7, 11) is 5.37. The summed E-state index contributed by atoms with van der Waals surface area (Å²) in [6, 6.07) is 63.7. The van der Waals surface area contributed by atoms with E-state index >= 15 is 0 Å². The van der Waals surface area contributed by atoms with Gasteiger partial charge in [-0.15, -0.1) is 0 Å². The zero-order valence-electron chi connectivity index (χ0n) is 29.3. The zero-order valence-corrected chi connectivity index (χ0v) is 29.3. The molecule has 6 aromatic carbocycles. The molecule has 0 bridgehead atoms. The van der Waals surface area contributed by atoms with E-state index in [0.29, 0.717) is 0 Å². The molecular weight excluding hydrogens is 625 g/mol. The van der Waals surface area contributed by atoms with Crippen LogP contribution in [0.3, 0.4) is 0 Å². The molecule has 252 valence electrons. The van der Waals surface area contributed by atoms with E-state index in [1.165, 1.54) is 0 Å². The van der Waals surface area contributed by atoms with Crippen molar-refractivity contribution in [1.82, 2.24) is 0 Å². The van der Waals surface area contributed by atoms with Gasteiger partial charge in [0.15, 0.2) is 0 Å². The Morgan fingerprint density at radius 2 is 0.490 bits per heavy atom. The number of benzene rings is 6. The molecule has 6 aromatic rings. The number of hydrogen-bond donors (Lipinski definition) is 0. The summed E-state index contributed by atoms with van der Waals surface area (Å²) in [4.78, 5) is 0. The lowest BCUT2D eigenvalue weighted by Crippen LogP contribution is -2.31. The second-order valence-corrected chi connectivity index (χ2v) is 12.6. The van der Waals surface area contributed by atoms with Crippen LogP contribution in [0, 0.1) is 0 Å². The van der Waals surface area contributed by atoms with E-state index in [9.17, 15) is 0 Å². The molecule has 0 amide bonds. The van der Waals surface area contributed by atoms with Gasteiger partial charge in [0.05, 0.1) is 21.3 Å². The van der Waals surface area contributed by atoms with Crippen LogP contribution in [-0.2, 0) is 14.2 Å². The van der Waals surface area contributed by atoms with Crippen molar-refractivity contribution >= 4 is 17.3 Å². The van der Waals surface area contributed by atoms with Crippen LogP contribution in [0.4, 0.5) is 0 Å². The Morgan fingerprint density at radius 1 is 0.294 bits per heavy atom. The van der Waals surface area contributed by atoms with E-state index in [1.807, 2.05) is 18.2 Å². The average molecular weight is 667 g/mol. The van der Waals surface area contributed by atoms with Crippen LogP contribution in [0.5, 0.6) is 0 Å². The van der Waals surface area contributed by atoms with Crippen molar-refractivity contribution in [3.63, 3.8) is 0 Å². The van der Waals surface area contributed by atoms with Crippen molar-refractivity contribution in [2.24, 2.45) is 0 Å². The van der Waals surface area contributed by atoms with Gasteiger partial charge in [-0.25, -0.2) is 0 Å². The predicted octanol–water partition coefficient (Wildman–Crippen LogP) is 11.5. The lowest BCUT2D eigenvalue weighted by atomic mass is 9.58. The van der Waals surface area contributed by atoms with Crippen LogP contribution in [0.2, 0.25) is 0 Å². The molecule has 0 saturated heterocycles. The Morgan fingerprint density at radius 3 is 0.686 bits per heavy atom. The molecule has 0 radical (unpaired) electrons. The number of rotatable bonds is 9. The lowest BCUT2D eigenvalue weighted by Gasteiger charge is -2.45. The molecule has 0 aromatic heterocycles. The standard InChI is InChI=1S/C48H42O3/c1-49-46(37-28-16-7-17-29-37)43-40(34-22-10-4-11-23-34)44(47(50-2)38-30-18-8-19-31-38)42(36-26-14-6-15-27-36)45(41(43)35-24-12-5-13-25-35)48(51-3)39-32-20-9-21-33-39/h4-33,40-42H,1-3H3. The molecule has 0 spiro atoms. The fourth-order valence-corrected chi connectivity index (χ4v) is 7.78. The van der Waals surface area contributed by atoms with Crippen molar-refractivity contribution in [2.75, 3.05) is 21.3 Å². The minimum Gasteiger partial charge on any atom is -0.496 e. The summed E-state index contributed by atoms with van der Waals surface area (Å²) in [6.07, 6.45) is 0. The maximum Gasteiger partial charge on any atom is 0.127 e. The van der Waals surface area contributed by atoms with Crippen LogP contribution >= 0.6 is 0 Å². The van der Waals surface area contributed by atoms with E-state index in [2.05, 4.69) is 164 Å². The van der Waals surface area contributed by atoms with Crippen molar-refractivity contribution in [2.45, 2.75) is 17.8 Å². The summed E-state index contributed by atoms with van der Waals surface area (Å²) < 4.78 is 19.8. The number of ether oxygens (including phenoxy) is 3. The molecule has 1 aliphatic rings. The Labute approximate surface area is 301 Å². The minimum absolute atomic E-state index is 0.246. The third kappa shape index (κ3) is 6.63. The van der Waals surface area contributed by atoms with Crippen LogP contribution < -0.4 is 0 Å². The van der Waals surface area contributed by atoms with Crippen molar-refractivity contribution < 1.29 is 14.2 Å². The predicted molar refractivity (Wildman–Crippen MR) is 209 cm³/mol. The Kier molecular flexibility index (Phi) is 10.3. The van der Waals surface area contributed by atoms with E-state index in [-0.39, 0.29) is 17.8 Å². The van der Waals surface area contributed by atoms with E-state index in [0.717, 1.165) is 67.4 Å². The highest BCUT2D eigenvalue weighted by Crippen LogP contribution is 2.62. The van der Waals surface area contributed by atoms with Gasteiger partial charge in [-0.3, -0.25) is 0 Å². The van der Waals surface area contributed by atoms with Crippen LogP contribution in [0.25, 0.3) is 17.3 Å². The van der Waals surface area contributed by atoms with Crippen molar-refractivity contribution in [1.29, 1.82) is 0 Å². The highest BCUT2D eigenvalue weighted by atomic mass is 16.5. The fraction of sp³-hybridized carbons (Fsp3) is 0.125. The lowest BCUT2D eigenvalue weighted by molar-refractivity contribution is 0.347. The Balaban J connectivity index is 1.76. The highest BCUT2D eigenvalue weighted by molar-refractivity contribution is 5.82. The molecule has 1 saturated carbocycles. The van der Waals surface area contributed by atoms with Crippen molar-refractivity contribution in [3.05, 3.63) is 232 Å². The van der Waals surface area contributed by atoms with Crippen LogP contribution in [0.15, 0.2) is 199 Å². The molecule has 0 N–H and O–H groups in total. The van der Waals surface area contributed by atoms with Crippen LogP contribution in [-0.4, -0.2) is 21.3 Å². The van der Waals surface area contributed by atoms with E-state index < -0.39 is 0 Å². The van der Waals surface area contributed by atoms with Gasteiger partial charge in [0, 0.05) is 34.4 Å². The second kappa shape index (κ2) is 15.7. The Hall–Kier alpha value is -6.06. The van der Waals surface area contributed by atoms with Gasteiger partial charge in [-0.2, -0.15) is 0 Å². The minimum atomic E-state index is -0.246. The van der Waals surface area contributed by atoms with Gasteiger partial charge in [0.1, 0.15) is 17.3 Å². The molecule has 1 fully saturated rings. The largest absolute Gasteiger partial charge is 0.496 e. The number of methoxy groups -OCH3 is 3. The molecule has 3 heteroatoms.